The number of para-hydroxylation sites is 1. The highest BCUT2D eigenvalue weighted by atomic mass is 16.5. The van der Waals surface area contributed by atoms with E-state index in [9.17, 15) is 4.79 Å². The van der Waals surface area contributed by atoms with E-state index in [-0.39, 0.29) is 11.4 Å². The second kappa shape index (κ2) is 4.69. The summed E-state index contributed by atoms with van der Waals surface area (Å²) in [6.45, 7) is 8.16. The van der Waals surface area contributed by atoms with Gasteiger partial charge in [0.05, 0.1) is 5.54 Å². The minimum Gasteiger partial charge on any atom is -0.452 e. The average molecular weight is 243 g/mol. The van der Waals surface area contributed by atoms with Crippen molar-refractivity contribution < 1.29 is 9.53 Å². The molecule has 2 rings (SSSR count). The monoisotopic (exact) mass is 243 g/mol. The van der Waals surface area contributed by atoms with Gasteiger partial charge in [-0.05, 0) is 32.1 Å². The summed E-state index contributed by atoms with van der Waals surface area (Å²) in [7, 11) is 0. The molecule has 1 amide bonds. The van der Waals surface area contributed by atoms with Gasteiger partial charge in [-0.2, -0.15) is 0 Å². The molecule has 0 radical (unpaired) electrons. The van der Waals surface area contributed by atoms with E-state index in [2.05, 4.69) is 6.58 Å². The Balaban J connectivity index is 2.20. The van der Waals surface area contributed by atoms with Crippen LogP contribution in [0.1, 0.15) is 13.8 Å². The Morgan fingerprint density at radius 3 is 2.61 bits per heavy atom. The number of nitrogens with zero attached hydrogens (tertiary/aromatic N) is 1. The van der Waals surface area contributed by atoms with E-state index in [1.54, 1.807) is 11.0 Å². The minimum atomic E-state index is -0.338. The summed E-state index contributed by atoms with van der Waals surface area (Å²) >= 11 is 0. The largest absolute Gasteiger partial charge is 0.452 e. The van der Waals surface area contributed by atoms with Crippen LogP contribution in [0.4, 0.5) is 0 Å². The van der Waals surface area contributed by atoms with E-state index in [1.165, 1.54) is 0 Å². The van der Waals surface area contributed by atoms with Crippen molar-refractivity contribution >= 4 is 5.91 Å². The van der Waals surface area contributed by atoms with Crippen molar-refractivity contribution in [1.82, 2.24) is 4.90 Å². The molecule has 3 nitrogen and oxygen atoms in total. The molecule has 0 unspecified atom stereocenters. The van der Waals surface area contributed by atoms with Crippen molar-refractivity contribution in [2.75, 3.05) is 6.54 Å². The van der Waals surface area contributed by atoms with Gasteiger partial charge in [0.15, 0.2) is 5.76 Å². The molecule has 0 saturated heterocycles. The van der Waals surface area contributed by atoms with Gasteiger partial charge in [-0.15, -0.1) is 6.58 Å². The van der Waals surface area contributed by atoms with Crippen LogP contribution in [0, 0.1) is 0 Å². The number of carbonyl (C=O) groups is 1. The normalized spacial score (nSPS) is 17.6. The number of hydrogen-bond donors (Lipinski definition) is 0. The van der Waals surface area contributed by atoms with Crippen molar-refractivity contribution in [1.29, 1.82) is 0 Å². The van der Waals surface area contributed by atoms with Gasteiger partial charge in [0.25, 0.3) is 5.91 Å². The van der Waals surface area contributed by atoms with Gasteiger partial charge < -0.3 is 9.64 Å². The molecule has 0 fully saturated rings. The van der Waals surface area contributed by atoms with Gasteiger partial charge in [-0.25, -0.2) is 0 Å². The summed E-state index contributed by atoms with van der Waals surface area (Å²) in [5, 5.41) is 0. The third-order valence-corrected chi connectivity index (χ3v) is 2.92. The molecule has 0 spiro atoms. The fraction of sp³-hybridized carbons (Fsp3) is 0.267. The molecule has 1 aliphatic rings. The third kappa shape index (κ3) is 2.30. The SMILES string of the molecule is C=CCN1C(=O)C(Oc2ccccc2)=CC1(C)C. The highest BCUT2D eigenvalue weighted by Gasteiger charge is 2.38. The molecule has 0 N–H and O–H groups in total. The van der Waals surface area contributed by atoms with Gasteiger partial charge in [0.2, 0.25) is 0 Å². The summed E-state index contributed by atoms with van der Waals surface area (Å²) in [4.78, 5) is 13.9. The van der Waals surface area contributed by atoms with Crippen LogP contribution in [0.3, 0.4) is 0 Å². The Bertz CT molecular complexity index is 488. The van der Waals surface area contributed by atoms with Crippen molar-refractivity contribution in [3.8, 4) is 5.75 Å². The number of ether oxygens (including phenoxy) is 1. The molecule has 18 heavy (non-hydrogen) atoms. The minimum absolute atomic E-state index is 0.0937. The third-order valence-electron chi connectivity index (χ3n) is 2.92. The first-order chi connectivity index (χ1) is 8.54. The van der Waals surface area contributed by atoms with Crippen molar-refractivity contribution in [2.24, 2.45) is 0 Å². The Morgan fingerprint density at radius 1 is 1.33 bits per heavy atom. The van der Waals surface area contributed by atoms with Gasteiger partial charge in [0.1, 0.15) is 5.75 Å². The van der Waals surface area contributed by atoms with E-state index in [0.29, 0.717) is 18.1 Å². The number of rotatable bonds is 4. The van der Waals surface area contributed by atoms with E-state index in [4.69, 9.17) is 4.74 Å². The summed E-state index contributed by atoms with van der Waals surface area (Å²) in [5.74, 6) is 0.963. The zero-order valence-corrected chi connectivity index (χ0v) is 10.7. The summed E-state index contributed by atoms with van der Waals surface area (Å²) in [6.07, 6.45) is 3.57. The quantitative estimate of drug-likeness (QED) is 0.761. The standard InChI is InChI=1S/C15H17NO2/c1-4-10-16-14(17)13(11-15(16,2)3)18-12-8-6-5-7-9-12/h4-9,11H,1,10H2,2-3H3. The maximum atomic E-state index is 12.2. The number of hydrogen-bond acceptors (Lipinski definition) is 2. The van der Waals surface area contributed by atoms with Crippen LogP contribution in [-0.2, 0) is 4.79 Å². The van der Waals surface area contributed by atoms with Crippen LogP contribution in [-0.4, -0.2) is 22.9 Å². The predicted molar refractivity (Wildman–Crippen MR) is 71.1 cm³/mol. The average Bonchev–Trinajstić information content (AvgIpc) is 2.54. The molecule has 1 aliphatic heterocycles. The van der Waals surface area contributed by atoms with E-state index in [1.807, 2.05) is 50.3 Å². The lowest BCUT2D eigenvalue weighted by molar-refractivity contribution is -0.130. The Labute approximate surface area is 107 Å². The molecule has 1 aromatic rings. The van der Waals surface area contributed by atoms with Crippen molar-refractivity contribution in [2.45, 2.75) is 19.4 Å². The van der Waals surface area contributed by atoms with Crippen LogP contribution in [0.25, 0.3) is 0 Å². The van der Waals surface area contributed by atoms with Crippen LogP contribution in [0.2, 0.25) is 0 Å². The van der Waals surface area contributed by atoms with Crippen LogP contribution < -0.4 is 4.74 Å². The first kappa shape index (κ1) is 12.4. The Kier molecular flexibility index (Phi) is 3.24. The number of benzene rings is 1. The van der Waals surface area contributed by atoms with Gasteiger partial charge >= 0.3 is 0 Å². The highest BCUT2D eigenvalue weighted by molar-refractivity contribution is 5.95. The van der Waals surface area contributed by atoms with Crippen molar-refractivity contribution in [3.63, 3.8) is 0 Å². The zero-order valence-electron chi connectivity index (χ0n) is 10.7. The fourth-order valence-electron chi connectivity index (χ4n) is 1.99. The molecule has 1 aromatic carbocycles. The van der Waals surface area contributed by atoms with Crippen LogP contribution >= 0.6 is 0 Å². The van der Waals surface area contributed by atoms with Crippen molar-refractivity contribution in [3.05, 3.63) is 54.8 Å². The molecule has 0 aliphatic carbocycles. The van der Waals surface area contributed by atoms with Gasteiger partial charge in [0, 0.05) is 6.54 Å². The topological polar surface area (TPSA) is 29.5 Å². The van der Waals surface area contributed by atoms with Gasteiger partial charge in [-0.3, -0.25) is 4.79 Å². The maximum absolute atomic E-state index is 12.2. The number of amides is 1. The van der Waals surface area contributed by atoms with E-state index >= 15 is 0 Å². The number of carbonyl (C=O) groups excluding carboxylic acids is 1. The molecule has 94 valence electrons. The van der Waals surface area contributed by atoms with E-state index < -0.39 is 0 Å². The summed E-state index contributed by atoms with van der Waals surface area (Å²) < 4.78 is 5.64. The first-order valence-electron chi connectivity index (χ1n) is 5.93. The first-order valence-corrected chi connectivity index (χ1v) is 5.93. The molecular formula is C15H17NO2. The fourth-order valence-corrected chi connectivity index (χ4v) is 1.99. The predicted octanol–water partition coefficient (Wildman–Crippen LogP) is 2.76. The smallest absolute Gasteiger partial charge is 0.290 e. The molecule has 0 saturated carbocycles. The lowest BCUT2D eigenvalue weighted by Gasteiger charge is -2.29. The summed E-state index contributed by atoms with van der Waals surface area (Å²) in [5.41, 5.74) is -0.338. The Morgan fingerprint density at radius 2 is 2.00 bits per heavy atom. The van der Waals surface area contributed by atoms with E-state index in [0.717, 1.165) is 0 Å². The van der Waals surface area contributed by atoms with Crippen LogP contribution in [0.5, 0.6) is 5.75 Å². The molecule has 0 aromatic heterocycles. The molecule has 3 heteroatoms. The second-order valence-electron chi connectivity index (χ2n) is 4.78. The molecule has 0 atom stereocenters. The maximum Gasteiger partial charge on any atom is 0.290 e. The second-order valence-corrected chi connectivity index (χ2v) is 4.78. The van der Waals surface area contributed by atoms with Gasteiger partial charge in [-0.1, -0.05) is 24.3 Å². The molecular weight excluding hydrogens is 226 g/mol. The molecule has 1 heterocycles. The molecule has 0 bridgehead atoms. The lowest BCUT2D eigenvalue weighted by atomic mass is 10.1. The zero-order chi connectivity index (χ0) is 13.2. The van der Waals surface area contributed by atoms with Crippen LogP contribution in [0.15, 0.2) is 54.8 Å². The summed E-state index contributed by atoms with van der Waals surface area (Å²) in [6, 6.07) is 9.32. The lowest BCUT2D eigenvalue weighted by Crippen LogP contribution is -2.42. The Hall–Kier alpha value is -2.03. The highest BCUT2D eigenvalue weighted by Crippen LogP contribution is 2.29.